The zero-order chi connectivity index (χ0) is 16.2. The van der Waals surface area contributed by atoms with Gasteiger partial charge in [-0.25, -0.2) is 0 Å². The zero-order valence-electron chi connectivity index (χ0n) is 15.9. The van der Waals surface area contributed by atoms with Crippen molar-refractivity contribution in [2.75, 3.05) is 0 Å². The summed E-state index contributed by atoms with van der Waals surface area (Å²) in [6, 6.07) is 0. The van der Waals surface area contributed by atoms with Gasteiger partial charge in [0, 0.05) is 0 Å². The molecule has 0 aromatic carbocycles. The Morgan fingerprint density at radius 3 is 2.35 bits per heavy atom. The van der Waals surface area contributed by atoms with Gasteiger partial charge in [0.1, 0.15) is 0 Å². The average Bonchev–Trinajstić information content (AvgIpc) is 2.83. The van der Waals surface area contributed by atoms with Gasteiger partial charge in [-0.15, -0.1) is 0 Å². The van der Waals surface area contributed by atoms with Gasteiger partial charge >= 0.3 is 0 Å². The minimum atomic E-state index is 0.389. The van der Waals surface area contributed by atoms with Gasteiger partial charge in [0.25, 0.3) is 0 Å². The van der Waals surface area contributed by atoms with Crippen molar-refractivity contribution in [1.82, 2.24) is 0 Å². The summed E-state index contributed by atoms with van der Waals surface area (Å²) in [7, 11) is 0. The van der Waals surface area contributed by atoms with Crippen molar-refractivity contribution in [3.05, 3.63) is 0 Å². The molecule has 0 aromatic heterocycles. The van der Waals surface area contributed by atoms with E-state index in [1.807, 2.05) is 0 Å². The number of hydrogen-bond donors (Lipinski definition) is 0. The molecule has 4 rings (SSSR count). The van der Waals surface area contributed by atoms with Crippen LogP contribution in [0.2, 0.25) is 0 Å². The topological polar surface area (TPSA) is 9.23 Å². The van der Waals surface area contributed by atoms with E-state index in [0.29, 0.717) is 23.0 Å². The second-order valence-electron chi connectivity index (χ2n) is 10.2. The monoisotopic (exact) mass is 318 g/mol. The molecule has 0 N–H and O–H groups in total. The van der Waals surface area contributed by atoms with Gasteiger partial charge in [-0.1, -0.05) is 26.7 Å². The highest BCUT2D eigenvalue weighted by molar-refractivity contribution is 5.09. The third kappa shape index (κ3) is 2.43. The first-order valence-corrected chi connectivity index (χ1v) is 10.6. The smallest absolute Gasteiger partial charge is 0.0635 e. The van der Waals surface area contributed by atoms with E-state index in [0.717, 1.165) is 23.7 Å². The van der Waals surface area contributed by atoms with Gasteiger partial charge in [-0.3, -0.25) is 0 Å². The van der Waals surface area contributed by atoms with Crippen molar-refractivity contribution in [3.8, 4) is 0 Å². The number of fused-ring (bicyclic) bond motifs is 5. The Hall–Kier alpha value is -0.0400. The number of ether oxygens (including phenoxy) is 1. The lowest BCUT2D eigenvalue weighted by Crippen LogP contribution is -2.53. The molecule has 0 bridgehead atoms. The molecule has 1 heteroatoms. The van der Waals surface area contributed by atoms with Gasteiger partial charge in [0.2, 0.25) is 0 Å². The van der Waals surface area contributed by atoms with Crippen molar-refractivity contribution < 1.29 is 4.74 Å². The van der Waals surface area contributed by atoms with E-state index in [4.69, 9.17) is 4.74 Å². The van der Waals surface area contributed by atoms with E-state index in [2.05, 4.69) is 27.7 Å². The molecule has 0 amide bonds. The molecular formula is C22H38O. The average molecular weight is 319 g/mol. The fourth-order valence-electron chi connectivity index (χ4n) is 7.80. The molecule has 0 saturated heterocycles. The Bertz CT molecular complexity index is 443. The highest BCUT2D eigenvalue weighted by Gasteiger charge is 2.60. The third-order valence-electron chi connectivity index (χ3n) is 8.93. The maximum atomic E-state index is 6.40. The van der Waals surface area contributed by atoms with Crippen LogP contribution in [0, 0.1) is 34.5 Å². The normalized spacial score (nSPS) is 52.8. The first kappa shape index (κ1) is 16.4. The fraction of sp³-hybridized carbons (Fsp3) is 1.00. The summed E-state index contributed by atoms with van der Waals surface area (Å²) in [6.45, 7) is 9.71. The van der Waals surface area contributed by atoms with Crippen LogP contribution in [0.5, 0.6) is 0 Å². The van der Waals surface area contributed by atoms with Crippen molar-refractivity contribution in [2.45, 2.75) is 104 Å². The Balaban J connectivity index is 1.57. The van der Waals surface area contributed by atoms with E-state index in [1.54, 1.807) is 0 Å². The first-order valence-electron chi connectivity index (χ1n) is 10.6. The Kier molecular flexibility index (Phi) is 4.11. The number of hydrogen-bond acceptors (Lipinski definition) is 1. The summed E-state index contributed by atoms with van der Waals surface area (Å²) in [6.07, 6.45) is 15.7. The summed E-state index contributed by atoms with van der Waals surface area (Å²) in [5.41, 5.74) is 1.16. The molecule has 0 spiro atoms. The summed E-state index contributed by atoms with van der Waals surface area (Å²) in [5, 5.41) is 0. The molecule has 4 aliphatic rings. The molecule has 23 heavy (non-hydrogen) atoms. The maximum absolute atomic E-state index is 6.40. The fourth-order valence-corrected chi connectivity index (χ4v) is 7.80. The van der Waals surface area contributed by atoms with Crippen molar-refractivity contribution in [1.29, 1.82) is 0 Å². The van der Waals surface area contributed by atoms with E-state index in [9.17, 15) is 0 Å². The van der Waals surface area contributed by atoms with E-state index >= 15 is 0 Å². The molecule has 3 unspecified atom stereocenters. The largest absolute Gasteiger partial charge is 0.375 e. The van der Waals surface area contributed by atoms with Crippen LogP contribution < -0.4 is 0 Å². The molecule has 0 radical (unpaired) electrons. The zero-order valence-corrected chi connectivity index (χ0v) is 15.9. The molecule has 0 aliphatic heterocycles. The predicted octanol–water partition coefficient (Wildman–Crippen LogP) is 6.21. The SMILES string of the molecule is CC(C)O[C@H]1CCC2[C@@H]3CCC4CCCC[C@]4(C)C3CC[C@@]21C. The lowest BCUT2D eigenvalue weighted by Gasteiger charge is -2.60. The van der Waals surface area contributed by atoms with Gasteiger partial charge in [0.15, 0.2) is 0 Å². The molecule has 4 fully saturated rings. The van der Waals surface area contributed by atoms with Crippen LogP contribution in [-0.4, -0.2) is 12.2 Å². The van der Waals surface area contributed by atoms with Crippen molar-refractivity contribution in [3.63, 3.8) is 0 Å². The third-order valence-corrected chi connectivity index (χ3v) is 8.93. The van der Waals surface area contributed by atoms with Crippen LogP contribution in [0.3, 0.4) is 0 Å². The second-order valence-corrected chi connectivity index (χ2v) is 10.2. The summed E-state index contributed by atoms with van der Waals surface area (Å²) in [4.78, 5) is 0. The van der Waals surface area contributed by atoms with Crippen LogP contribution in [0.4, 0.5) is 0 Å². The Labute approximate surface area is 143 Å². The van der Waals surface area contributed by atoms with E-state index < -0.39 is 0 Å². The molecule has 0 heterocycles. The van der Waals surface area contributed by atoms with Gasteiger partial charge in [-0.05, 0) is 99.7 Å². The molecule has 7 atom stereocenters. The highest BCUT2D eigenvalue weighted by Crippen LogP contribution is 2.66. The van der Waals surface area contributed by atoms with Crippen LogP contribution >= 0.6 is 0 Å². The Morgan fingerprint density at radius 2 is 1.57 bits per heavy atom. The van der Waals surface area contributed by atoms with Gasteiger partial charge in [-0.2, -0.15) is 0 Å². The van der Waals surface area contributed by atoms with E-state index in [-0.39, 0.29) is 0 Å². The molecule has 4 aliphatic carbocycles. The van der Waals surface area contributed by atoms with Crippen LogP contribution in [-0.2, 0) is 4.74 Å². The summed E-state index contributed by atoms with van der Waals surface area (Å²) >= 11 is 0. The standard InChI is InChI=1S/C22H38O/c1-15(2)23-20-11-10-18-17-9-8-16-7-5-6-13-21(16,3)19(17)12-14-22(18,20)4/h15-20H,5-14H2,1-4H3/t16?,17-,18?,19?,20-,21-,22-/m0/s1. The lowest BCUT2D eigenvalue weighted by atomic mass is 9.45. The van der Waals surface area contributed by atoms with E-state index in [1.165, 1.54) is 64.2 Å². The quantitative estimate of drug-likeness (QED) is 0.588. The highest BCUT2D eigenvalue weighted by atomic mass is 16.5. The minimum Gasteiger partial charge on any atom is -0.375 e. The summed E-state index contributed by atoms with van der Waals surface area (Å²) in [5.74, 6) is 4.03. The van der Waals surface area contributed by atoms with Crippen LogP contribution in [0.15, 0.2) is 0 Å². The molecule has 4 saturated carbocycles. The van der Waals surface area contributed by atoms with Crippen LogP contribution in [0.25, 0.3) is 0 Å². The lowest BCUT2D eigenvalue weighted by molar-refractivity contribution is -0.137. The second kappa shape index (κ2) is 5.75. The van der Waals surface area contributed by atoms with Crippen molar-refractivity contribution >= 4 is 0 Å². The molecule has 0 aromatic rings. The molecule has 1 nitrogen and oxygen atoms in total. The summed E-state index contributed by atoms with van der Waals surface area (Å²) < 4.78 is 6.40. The predicted molar refractivity (Wildman–Crippen MR) is 96.4 cm³/mol. The molecular weight excluding hydrogens is 280 g/mol. The van der Waals surface area contributed by atoms with Gasteiger partial charge < -0.3 is 4.74 Å². The van der Waals surface area contributed by atoms with Crippen LogP contribution in [0.1, 0.15) is 91.9 Å². The molecule has 132 valence electrons. The minimum absolute atomic E-state index is 0.389. The van der Waals surface area contributed by atoms with Gasteiger partial charge in [0.05, 0.1) is 12.2 Å². The maximum Gasteiger partial charge on any atom is 0.0635 e. The van der Waals surface area contributed by atoms with Crippen molar-refractivity contribution in [2.24, 2.45) is 34.5 Å². The Morgan fingerprint density at radius 1 is 0.783 bits per heavy atom. The number of rotatable bonds is 2. The first-order chi connectivity index (χ1) is 10.9.